The fourth-order valence-corrected chi connectivity index (χ4v) is 2.09. The van der Waals surface area contributed by atoms with Gasteiger partial charge in [-0.1, -0.05) is 11.6 Å². The van der Waals surface area contributed by atoms with Gasteiger partial charge < -0.3 is 0 Å². The molecule has 0 N–H and O–H groups in total. The second-order valence-electron chi connectivity index (χ2n) is 4.42. The minimum atomic E-state index is -0.140. The minimum absolute atomic E-state index is 0.140. The van der Waals surface area contributed by atoms with Crippen LogP contribution in [-0.2, 0) is 0 Å². The lowest BCUT2D eigenvalue weighted by Crippen LogP contribution is -2.11. The Morgan fingerprint density at radius 1 is 1.14 bits per heavy atom. The Balaban J connectivity index is 1.94. The van der Waals surface area contributed by atoms with Gasteiger partial charge >= 0.3 is 0 Å². The SMILES string of the molecule is O=C(/C(=C/[C]1[CH][CH][CH][CH]1)n1cncn1)c1ccc(Cl)cc1. The van der Waals surface area contributed by atoms with E-state index in [0.717, 1.165) is 5.92 Å². The first-order valence-corrected chi connectivity index (χ1v) is 6.70. The number of halogens is 1. The highest BCUT2D eigenvalue weighted by Gasteiger charge is 2.20. The van der Waals surface area contributed by atoms with Crippen molar-refractivity contribution in [3.63, 3.8) is 0 Å². The van der Waals surface area contributed by atoms with Crippen LogP contribution in [0.1, 0.15) is 10.4 Å². The molecule has 21 heavy (non-hydrogen) atoms. The molecule has 0 saturated heterocycles. The topological polar surface area (TPSA) is 47.8 Å². The largest absolute Gasteiger partial charge is 0.287 e. The summed E-state index contributed by atoms with van der Waals surface area (Å²) >= 11 is 5.86. The fourth-order valence-electron chi connectivity index (χ4n) is 1.96. The summed E-state index contributed by atoms with van der Waals surface area (Å²) in [6.07, 6.45) is 12.4. The summed E-state index contributed by atoms with van der Waals surface area (Å²) in [7, 11) is 0. The van der Waals surface area contributed by atoms with Crippen molar-refractivity contribution in [3.05, 3.63) is 85.2 Å². The molecule has 0 atom stereocenters. The highest BCUT2D eigenvalue weighted by atomic mass is 35.5. The number of hydrogen-bond acceptors (Lipinski definition) is 3. The predicted octanol–water partition coefficient (Wildman–Crippen LogP) is 3.06. The lowest BCUT2D eigenvalue weighted by atomic mass is 10.0. The quantitative estimate of drug-likeness (QED) is 0.643. The molecule has 5 radical (unpaired) electrons. The zero-order chi connectivity index (χ0) is 14.7. The van der Waals surface area contributed by atoms with Gasteiger partial charge in [0, 0.05) is 16.5 Å². The average Bonchev–Trinajstić information content (AvgIpc) is 3.18. The van der Waals surface area contributed by atoms with Crippen LogP contribution in [0.4, 0.5) is 0 Å². The zero-order valence-corrected chi connectivity index (χ0v) is 11.7. The summed E-state index contributed by atoms with van der Waals surface area (Å²) < 4.78 is 1.46. The molecule has 0 unspecified atom stereocenters. The first-order chi connectivity index (χ1) is 10.2. The highest BCUT2D eigenvalue weighted by Crippen LogP contribution is 2.27. The van der Waals surface area contributed by atoms with Crippen LogP contribution >= 0.6 is 11.6 Å². The lowest BCUT2D eigenvalue weighted by Gasteiger charge is -2.09. The normalized spacial score (nSPS) is 16.3. The van der Waals surface area contributed by atoms with Gasteiger partial charge in [-0.15, -0.1) is 0 Å². The Kier molecular flexibility index (Phi) is 4.15. The molecule has 1 heterocycles. The summed E-state index contributed by atoms with van der Waals surface area (Å²) in [5.41, 5.74) is 0.980. The molecule has 0 bridgehead atoms. The van der Waals surface area contributed by atoms with E-state index >= 15 is 0 Å². The molecule has 0 amide bonds. The van der Waals surface area contributed by atoms with Crippen molar-refractivity contribution in [1.82, 2.24) is 14.8 Å². The molecule has 2 aromatic rings. The summed E-state index contributed by atoms with van der Waals surface area (Å²) in [6.45, 7) is 0. The van der Waals surface area contributed by atoms with Crippen molar-refractivity contribution in [2.45, 2.75) is 0 Å². The number of benzene rings is 1. The molecular weight excluding hydrogens is 286 g/mol. The molecule has 4 nitrogen and oxygen atoms in total. The van der Waals surface area contributed by atoms with E-state index in [2.05, 4.69) is 10.1 Å². The van der Waals surface area contributed by atoms with Gasteiger partial charge in [-0.25, -0.2) is 9.67 Å². The third kappa shape index (κ3) is 3.22. The van der Waals surface area contributed by atoms with Gasteiger partial charge in [-0.05, 0) is 56.0 Å². The lowest BCUT2D eigenvalue weighted by molar-refractivity contribution is 0.105. The van der Waals surface area contributed by atoms with Crippen LogP contribution in [-0.4, -0.2) is 20.5 Å². The first-order valence-electron chi connectivity index (χ1n) is 6.33. The maximum absolute atomic E-state index is 12.7. The highest BCUT2D eigenvalue weighted by molar-refractivity contribution is 6.31. The van der Waals surface area contributed by atoms with E-state index in [4.69, 9.17) is 11.6 Å². The monoisotopic (exact) mass is 296 g/mol. The summed E-state index contributed by atoms with van der Waals surface area (Å²) in [5, 5.41) is 4.64. The van der Waals surface area contributed by atoms with Crippen LogP contribution in [0.5, 0.6) is 0 Å². The second-order valence-corrected chi connectivity index (χ2v) is 4.86. The van der Waals surface area contributed by atoms with E-state index in [0.29, 0.717) is 16.3 Å². The Hall–Kier alpha value is -1.94. The van der Waals surface area contributed by atoms with Crippen molar-refractivity contribution >= 4 is 23.1 Å². The standard InChI is InChI=1S/C16H11ClN3O/c17-14-7-5-13(6-8-14)16(21)15(20-11-18-10-19-20)9-12-3-1-2-4-12/h1-11H/b15-9-. The van der Waals surface area contributed by atoms with Gasteiger partial charge in [0.2, 0.25) is 5.78 Å². The van der Waals surface area contributed by atoms with E-state index in [9.17, 15) is 4.79 Å². The Labute approximate surface area is 128 Å². The number of hydrogen-bond donors (Lipinski definition) is 0. The molecule has 103 valence electrons. The van der Waals surface area contributed by atoms with E-state index in [1.807, 2.05) is 25.7 Å². The Morgan fingerprint density at radius 3 is 2.48 bits per heavy atom. The van der Waals surface area contributed by atoms with Gasteiger partial charge in [0.15, 0.2) is 0 Å². The third-order valence-electron chi connectivity index (χ3n) is 3.00. The van der Waals surface area contributed by atoms with Crippen molar-refractivity contribution < 1.29 is 4.79 Å². The second kappa shape index (κ2) is 6.22. The number of rotatable bonds is 4. The van der Waals surface area contributed by atoms with Crippen molar-refractivity contribution in [2.75, 3.05) is 0 Å². The van der Waals surface area contributed by atoms with Crippen LogP contribution in [0.2, 0.25) is 5.02 Å². The molecule has 1 fully saturated rings. The summed E-state index contributed by atoms with van der Waals surface area (Å²) in [5.74, 6) is 0.793. The van der Waals surface area contributed by atoms with E-state index in [-0.39, 0.29) is 5.78 Å². The van der Waals surface area contributed by atoms with Crippen molar-refractivity contribution in [1.29, 1.82) is 0 Å². The summed E-state index contributed by atoms with van der Waals surface area (Å²) in [6, 6.07) is 6.77. The van der Waals surface area contributed by atoms with Gasteiger partial charge in [-0.3, -0.25) is 4.79 Å². The van der Waals surface area contributed by atoms with E-state index < -0.39 is 0 Å². The van der Waals surface area contributed by atoms with Crippen LogP contribution in [0, 0.1) is 31.6 Å². The van der Waals surface area contributed by atoms with Gasteiger partial charge in [0.1, 0.15) is 18.4 Å². The molecule has 5 heteroatoms. The number of nitrogens with zero attached hydrogens (tertiary/aromatic N) is 3. The molecule has 1 aliphatic carbocycles. The van der Waals surface area contributed by atoms with Gasteiger partial charge in [0.25, 0.3) is 0 Å². The third-order valence-corrected chi connectivity index (χ3v) is 3.25. The number of aromatic nitrogens is 3. The first kappa shape index (κ1) is 14.0. The summed E-state index contributed by atoms with van der Waals surface area (Å²) in [4.78, 5) is 16.6. The Morgan fingerprint density at radius 2 is 1.86 bits per heavy atom. The molecule has 1 saturated carbocycles. The maximum Gasteiger partial charge on any atom is 0.211 e. The van der Waals surface area contributed by atoms with Gasteiger partial charge in [-0.2, -0.15) is 5.10 Å². The van der Waals surface area contributed by atoms with Crippen LogP contribution < -0.4 is 0 Å². The fraction of sp³-hybridized carbons (Fsp3) is 0. The average molecular weight is 297 g/mol. The number of ketones is 1. The molecule has 1 aromatic heterocycles. The van der Waals surface area contributed by atoms with E-state index in [1.54, 1.807) is 30.3 Å². The predicted molar refractivity (Wildman–Crippen MR) is 80.5 cm³/mol. The Bertz CT molecular complexity index is 641. The number of Topliss-reactive ketones (excluding diaryl/α,β-unsaturated/α-hetero) is 1. The number of carbonyl (C=O) groups is 1. The van der Waals surface area contributed by atoms with E-state index in [1.165, 1.54) is 17.3 Å². The molecule has 0 spiro atoms. The molecule has 0 aliphatic heterocycles. The number of allylic oxidation sites excluding steroid dienone is 2. The molecule has 1 aromatic carbocycles. The molecule has 1 aliphatic rings. The molecular formula is C16H11ClN3O. The maximum atomic E-state index is 12.7. The minimum Gasteiger partial charge on any atom is -0.287 e. The zero-order valence-electron chi connectivity index (χ0n) is 11.0. The van der Waals surface area contributed by atoms with Crippen LogP contribution in [0.25, 0.3) is 5.70 Å². The van der Waals surface area contributed by atoms with Crippen molar-refractivity contribution in [3.8, 4) is 0 Å². The van der Waals surface area contributed by atoms with Crippen LogP contribution in [0.3, 0.4) is 0 Å². The van der Waals surface area contributed by atoms with Crippen molar-refractivity contribution in [2.24, 2.45) is 0 Å². The smallest absolute Gasteiger partial charge is 0.211 e. The van der Waals surface area contributed by atoms with Gasteiger partial charge in [0.05, 0.1) is 0 Å². The van der Waals surface area contributed by atoms with Crippen LogP contribution in [0.15, 0.2) is 43.0 Å². The molecule has 3 rings (SSSR count). The number of carbonyl (C=O) groups excluding carboxylic acids is 1.